The lowest BCUT2D eigenvalue weighted by Crippen LogP contribution is -2.28. The molecule has 0 aliphatic heterocycles. The Morgan fingerprint density at radius 1 is 1.29 bits per heavy atom. The second-order valence-electron chi connectivity index (χ2n) is 3.29. The van der Waals surface area contributed by atoms with Crippen LogP contribution < -0.4 is 10.1 Å². The Balaban J connectivity index is 2.60. The Kier molecular flexibility index (Phi) is 4.56. The smallest absolute Gasteiger partial charge is 0.387 e. The standard InChI is InChI=1S/C11H11F2NO3/c1-7(15)6-14-10(16)8-2-4-9(5-3-8)17-11(12)13/h2-5,11H,6H2,1H3,(H,14,16). The van der Waals surface area contributed by atoms with E-state index in [2.05, 4.69) is 10.1 Å². The first kappa shape index (κ1) is 13.1. The van der Waals surface area contributed by atoms with Crippen LogP contribution in [0.4, 0.5) is 8.78 Å². The Hall–Kier alpha value is -1.98. The van der Waals surface area contributed by atoms with E-state index >= 15 is 0 Å². The molecule has 1 aromatic carbocycles. The van der Waals surface area contributed by atoms with Crippen LogP contribution in [0.3, 0.4) is 0 Å². The summed E-state index contributed by atoms with van der Waals surface area (Å²) in [5.41, 5.74) is 0.271. The first-order chi connectivity index (χ1) is 7.99. The number of nitrogens with one attached hydrogen (secondary N) is 1. The van der Waals surface area contributed by atoms with Crippen LogP contribution in [-0.4, -0.2) is 24.8 Å². The number of alkyl halides is 2. The monoisotopic (exact) mass is 243 g/mol. The molecule has 17 heavy (non-hydrogen) atoms. The van der Waals surface area contributed by atoms with E-state index in [0.717, 1.165) is 0 Å². The zero-order valence-electron chi connectivity index (χ0n) is 9.07. The Bertz CT molecular complexity index is 404. The number of hydrogen-bond donors (Lipinski definition) is 1. The molecule has 0 fully saturated rings. The molecule has 0 aromatic heterocycles. The van der Waals surface area contributed by atoms with Crippen LogP contribution in [-0.2, 0) is 4.79 Å². The van der Waals surface area contributed by atoms with Gasteiger partial charge in [-0.3, -0.25) is 9.59 Å². The molecule has 0 heterocycles. The topological polar surface area (TPSA) is 55.4 Å². The van der Waals surface area contributed by atoms with Crippen LogP contribution in [0.25, 0.3) is 0 Å². The van der Waals surface area contributed by atoms with Crippen LogP contribution in [0.15, 0.2) is 24.3 Å². The van der Waals surface area contributed by atoms with Crippen molar-refractivity contribution in [2.45, 2.75) is 13.5 Å². The summed E-state index contributed by atoms with van der Waals surface area (Å²) in [4.78, 5) is 22.1. The SMILES string of the molecule is CC(=O)CNC(=O)c1ccc(OC(F)F)cc1. The zero-order valence-corrected chi connectivity index (χ0v) is 9.07. The molecule has 0 aliphatic carbocycles. The van der Waals surface area contributed by atoms with Gasteiger partial charge >= 0.3 is 6.61 Å². The molecule has 0 atom stereocenters. The van der Waals surface area contributed by atoms with Gasteiger partial charge in [0.25, 0.3) is 5.91 Å². The van der Waals surface area contributed by atoms with Crippen LogP contribution in [0.5, 0.6) is 5.75 Å². The average molecular weight is 243 g/mol. The summed E-state index contributed by atoms with van der Waals surface area (Å²) < 4.78 is 27.8. The molecule has 0 saturated heterocycles. The highest BCUT2D eigenvalue weighted by molar-refractivity contribution is 5.96. The first-order valence-electron chi connectivity index (χ1n) is 4.81. The van der Waals surface area contributed by atoms with E-state index < -0.39 is 12.5 Å². The highest BCUT2D eigenvalue weighted by Crippen LogP contribution is 2.14. The van der Waals surface area contributed by atoms with Gasteiger partial charge in [0.15, 0.2) is 0 Å². The van der Waals surface area contributed by atoms with Crippen molar-refractivity contribution in [3.8, 4) is 5.75 Å². The normalized spacial score (nSPS) is 10.1. The molecule has 0 bridgehead atoms. The molecule has 1 rings (SSSR count). The lowest BCUT2D eigenvalue weighted by molar-refractivity contribution is -0.116. The van der Waals surface area contributed by atoms with Gasteiger partial charge < -0.3 is 10.1 Å². The third-order valence-corrected chi connectivity index (χ3v) is 1.84. The predicted octanol–water partition coefficient (Wildman–Crippen LogP) is 1.61. The fourth-order valence-corrected chi connectivity index (χ4v) is 1.09. The van der Waals surface area contributed by atoms with Gasteiger partial charge in [0, 0.05) is 5.56 Å². The van der Waals surface area contributed by atoms with Gasteiger partial charge in [-0.1, -0.05) is 0 Å². The van der Waals surface area contributed by atoms with Gasteiger partial charge in [0.1, 0.15) is 11.5 Å². The van der Waals surface area contributed by atoms with Crippen LogP contribution >= 0.6 is 0 Å². The number of ketones is 1. The molecule has 1 aromatic rings. The minimum absolute atomic E-state index is 0.0249. The molecule has 0 radical (unpaired) electrons. The summed E-state index contributed by atoms with van der Waals surface area (Å²) in [6.45, 7) is -1.61. The van der Waals surface area contributed by atoms with E-state index in [9.17, 15) is 18.4 Å². The number of halogens is 2. The number of Topliss-reactive ketones (excluding diaryl/α,β-unsaturated/α-hetero) is 1. The molecule has 0 unspecified atom stereocenters. The van der Waals surface area contributed by atoms with Crippen LogP contribution in [0, 0.1) is 0 Å². The number of rotatable bonds is 5. The van der Waals surface area contributed by atoms with E-state index in [1.54, 1.807) is 0 Å². The third-order valence-electron chi connectivity index (χ3n) is 1.84. The van der Waals surface area contributed by atoms with Crippen molar-refractivity contribution in [1.82, 2.24) is 5.32 Å². The van der Waals surface area contributed by atoms with Gasteiger partial charge in [0.05, 0.1) is 6.54 Å². The minimum Gasteiger partial charge on any atom is -0.435 e. The van der Waals surface area contributed by atoms with Crippen molar-refractivity contribution < 1.29 is 23.1 Å². The fourth-order valence-electron chi connectivity index (χ4n) is 1.09. The number of carbonyl (C=O) groups excluding carboxylic acids is 2. The summed E-state index contributed by atoms with van der Waals surface area (Å²) in [6.07, 6.45) is 0. The van der Waals surface area contributed by atoms with Crippen molar-refractivity contribution >= 4 is 11.7 Å². The lowest BCUT2D eigenvalue weighted by Gasteiger charge is -2.06. The number of amides is 1. The maximum atomic E-state index is 11.9. The van der Waals surface area contributed by atoms with E-state index in [1.165, 1.54) is 31.2 Å². The average Bonchev–Trinajstić information content (AvgIpc) is 2.26. The Labute approximate surface area is 96.6 Å². The second-order valence-corrected chi connectivity index (χ2v) is 3.29. The largest absolute Gasteiger partial charge is 0.435 e. The zero-order chi connectivity index (χ0) is 12.8. The maximum Gasteiger partial charge on any atom is 0.387 e. The summed E-state index contributed by atoms with van der Waals surface area (Å²) >= 11 is 0. The number of carbonyl (C=O) groups is 2. The molecule has 0 spiro atoms. The van der Waals surface area contributed by atoms with Gasteiger partial charge in [-0.15, -0.1) is 0 Å². The number of hydrogen-bond acceptors (Lipinski definition) is 3. The van der Waals surface area contributed by atoms with Gasteiger partial charge in [-0.2, -0.15) is 8.78 Å². The van der Waals surface area contributed by atoms with Crippen LogP contribution in [0.1, 0.15) is 17.3 Å². The highest BCUT2D eigenvalue weighted by atomic mass is 19.3. The van der Waals surface area contributed by atoms with E-state index in [-0.39, 0.29) is 23.6 Å². The summed E-state index contributed by atoms with van der Waals surface area (Å²) in [6, 6.07) is 5.20. The van der Waals surface area contributed by atoms with E-state index in [4.69, 9.17) is 0 Å². The van der Waals surface area contributed by atoms with Crippen molar-refractivity contribution in [1.29, 1.82) is 0 Å². The van der Waals surface area contributed by atoms with E-state index in [1.807, 2.05) is 0 Å². The van der Waals surface area contributed by atoms with Crippen molar-refractivity contribution in [2.75, 3.05) is 6.54 Å². The lowest BCUT2D eigenvalue weighted by atomic mass is 10.2. The highest BCUT2D eigenvalue weighted by Gasteiger charge is 2.08. The fraction of sp³-hybridized carbons (Fsp3) is 0.273. The van der Waals surface area contributed by atoms with Crippen molar-refractivity contribution in [2.24, 2.45) is 0 Å². The third kappa shape index (κ3) is 4.58. The second kappa shape index (κ2) is 5.93. The molecule has 1 amide bonds. The summed E-state index contributed by atoms with van der Waals surface area (Å²) in [7, 11) is 0. The quantitative estimate of drug-likeness (QED) is 0.854. The van der Waals surface area contributed by atoms with E-state index in [0.29, 0.717) is 0 Å². The first-order valence-corrected chi connectivity index (χ1v) is 4.81. The molecule has 4 nitrogen and oxygen atoms in total. The minimum atomic E-state index is -2.90. The number of benzene rings is 1. The van der Waals surface area contributed by atoms with Gasteiger partial charge in [-0.05, 0) is 31.2 Å². The molecular formula is C11H11F2NO3. The molecule has 1 N–H and O–H groups in total. The number of ether oxygens (including phenoxy) is 1. The molecular weight excluding hydrogens is 232 g/mol. The maximum absolute atomic E-state index is 11.9. The molecule has 0 saturated carbocycles. The summed E-state index contributed by atoms with van der Waals surface area (Å²) in [5, 5.41) is 2.38. The van der Waals surface area contributed by atoms with Crippen LogP contribution in [0.2, 0.25) is 0 Å². The molecule has 6 heteroatoms. The van der Waals surface area contributed by atoms with Gasteiger partial charge in [0.2, 0.25) is 0 Å². The Morgan fingerprint density at radius 3 is 2.35 bits per heavy atom. The predicted molar refractivity (Wildman–Crippen MR) is 56.1 cm³/mol. The van der Waals surface area contributed by atoms with Crippen molar-refractivity contribution in [3.05, 3.63) is 29.8 Å². The summed E-state index contributed by atoms with van der Waals surface area (Å²) in [5.74, 6) is -0.636. The molecule has 92 valence electrons. The van der Waals surface area contributed by atoms with Gasteiger partial charge in [-0.25, -0.2) is 0 Å². The van der Waals surface area contributed by atoms with Crippen molar-refractivity contribution in [3.63, 3.8) is 0 Å². The molecule has 0 aliphatic rings. The Morgan fingerprint density at radius 2 is 1.88 bits per heavy atom.